The molecule has 162 valence electrons. The van der Waals surface area contributed by atoms with E-state index in [1.165, 1.54) is 32.4 Å². The van der Waals surface area contributed by atoms with E-state index in [0.29, 0.717) is 22.7 Å². The van der Waals surface area contributed by atoms with Gasteiger partial charge in [-0.3, -0.25) is 9.59 Å². The van der Waals surface area contributed by atoms with Gasteiger partial charge in [0.15, 0.2) is 0 Å². The highest BCUT2D eigenvalue weighted by Gasteiger charge is 2.41. The molecule has 0 aromatic heterocycles. The Morgan fingerprint density at radius 3 is 2.25 bits per heavy atom. The first-order valence-electron chi connectivity index (χ1n) is 9.88. The lowest BCUT2D eigenvalue weighted by Gasteiger charge is -2.16. The van der Waals surface area contributed by atoms with E-state index in [0.717, 1.165) is 10.5 Å². The molecule has 1 aliphatic rings. The summed E-state index contributed by atoms with van der Waals surface area (Å²) in [5.74, 6) is -0.847. The van der Waals surface area contributed by atoms with Crippen molar-refractivity contribution in [2.24, 2.45) is 0 Å². The number of carbonyl (C=O) groups is 2. The lowest BCUT2D eigenvalue weighted by molar-refractivity contribution is -0.120. The van der Waals surface area contributed by atoms with Crippen LogP contribution in [0.3, 0.4) is 0 Å². The molecule has 0 aliphatic carbocycles. The highest BCUT2D eigenvalue weighted by Crippen LogP contribution is 2.37. The van der Waals surface area contributed by atoms with Crippen molar-refractivity contribution in [3.05, 3.63) is 89.4 Å². The summed E-state index contributed by atoms with van der Waals surface area (Å²) in [6.07, 6.45) is 0. The second-order valence-electron chi connectivity index (χ2n) is 7.20. The topological polar surface area (TPSA) is 67.9 Å². The Morgan fingerprint density at radius 2 is 1.59 bits per heavy atom. The number of imide groups is 1. The van der Waals surface area contributed by atoms with Crippen LogP contribution in [0.2, 0.25) is 0 Å². The van der Waals surface area contributed by atoms with Gasteiger partial charge in [0.05, 0.1) is 31.2 Å². The molecule has 6 nitrogen and oxygen atoms in total. The van der Waals surface area contributed by atoms with Gasteiger partial charge in [-0.15, -0.1) is 0 Å². The van der Waals surface area contributed by atoms with Gasteiger partial charge in [-0.25, -0.2) is 9.29 Å². The number of anilines is 2. The van der Waals surface area contributed by atoms with Crippen LogP contribution in [0.15, 0.2) is 72.4 Å². The van der Waals surface area contributed by atoms with Gasteiger partial charge in [0.2, 0.25) is 0 Å². The summed E-state index contributed by atoms with van der Waals surface area (Å²) in [6.45, 7) is 1.90. The van der Waals surface area contributed by atoms with Crippen molar-refractivity contribution in [2.75, 3.05) is 24.4 Å². The van der Waals surface area contributed by atoms with Crippen molar-refractivity contribution in [2.45, 2.75) is 6.92 Å². The molecule has 0 unspecified atom stereocenters. The fraction of sp³-hybridized carbons (Fsp3) is 0.120. The maximum Gasteiger partial charge on any atom is 0.282 e. The van der Waals surface area contributed by atoms with Crippen LogP contribution in [0.1, 0.15) is 11.1 Å². The Morgan fingerprint density at radius 1 is 0.875 bits per heavy atom. The normalized spacial score (nSPS) is 13.6. The van der Waals surface area contributed by atoms with Crippen molar-refractivity contribution < 1.29 is 23.5 Å². The minimum absolute atomic E-state index is 0.0346. The zero-order valence-electron chi connectivity index (χ0n) is 17.8. The number of halogens is 1. The molecule has 32 heavy (non-hydrogen) atoms. The summed E-state index contributed by atoms with van der Waals surface area (Å²) in [5, 5.41) is 3.07. The maximum atomic E-state index is 14.5. The van der Waals surface area contributed by atoms with Crippen LogP contribution < -0.4 is 19.7 Å². The largest absolute Gasteiger partial charge is 0.497 e. The SMILES string of the molecule is COc1ccc(C2=C(Nc3cc(C)ccc3OC)C(=O)N(c3ccccc3F)C2=O)cc1. The Hall–Kier alpha value is -4.13. The van der Waals surface area contributed by atoms with E-state index in [-0.39, 0.29) is 17.0 Å². The van der Waals surface area contributed by atoms with Gasteiger partial charge in [-0.2, -0.15) is 0 Å². The minimum Gasteiger partial charge on any atom is -0.497 e. The minimum atomic E-state index is -0.669. The molecule has 3 aromatic rings. The molecule has 7 heteroatoms. The summed E-state index contributed by atoms with van der Waals surface area (Å²) < 4.78 is 25.1. The fourth-order valence-corrected chi connectivity index (χ4v) is 3.58. The number of methoxy groups -OCH3 is 2. The first-order valence-corrected chi connectivity index (χ1v) is 9.88. The van der Waals surface area contributed by atoms with E-state index in [2.05, 4.69) is 5.32 Å². The van der Waals surface area contributed by atoms with Crippen LogP contribution in [-0.4, -0.2) is 26.0 Å². The van der Waals surface area contributed by atoms with Crippen LogP contribution in [0.25, 0.3) is 5.57 Å². The number of nitrogens with zero attached hydrogens (tertiary/aromatic N) is 1. The highest BCUT2D eigenvalue weighted by molar-refractivity contribution is 6.46. The third-order valence-electron chi connectivity index (χ3n) is 5.17. The molecule has 4 rings (SSSR count). The highest BCUT2D eigenvalue weighted by atomic mass is 19.1. The number of ether oxygens (including phenoxy) is 2. The zero-order chi connectivity index (χ0) is 22.8. The van der Waals surface area contributed by atoms with Crippen LogP contribution in [-0.2, 0) is 9.59 Å². The molecule has 0 saturated heterocycles. The van der Waals surface area contributed by atoms with E-state index in [9.17, 15) is 14.0 Å². The van der Waals surface area contributed by atoms with Gasteiger partial charge >= 0.3 is 0 Å². The molecular formula is C25H21FN2O4. The van der Waals surface area contributed by atoms with Crippen LogP contribution >= 0.6 is 0 Å². The number of hydrogen-bond acceptors (Lipinski definition) is 5. The van der Waals surface area contributed by atoms with Crippen LogP contribution in [0.5, 0.6) is 11.5 Å². The third kappa shape index (κ3) is 3.69. The molecule has 3 aromatic carbocycles. The average Bonchev–Trinajstić information content (AvgIpc) is 3.04. The van der Waals surface area contributed by atoms with E-state index in [4.69, 9.17) is 9.47 Å². The summed E-state index contributed by atoms with van der Waals surface area (Å²) in [7, 11) is 3.05. The second kappa shape index (κ2) is 8.55. The number of benzene rings is 3. The molecule has 1 aliphatic heterocycles. The smallest absolute Gasteiger partial charge is 0.282 e. The fourth-order valence-electron chi connectivity index (χ4n) is 3.58. The molecule has 2 amide bonds. The first-order chi connectivity index (χ1) is 15.4. The van der Waals surface area contributed by atoms with Crippen molar-refractivity contribution >= 4 is 28.8 Å². The maximum absolute atomic E-state index is 14.5. The van der Waals surface area contributed by atoms with Gasteiger partial charge in [-0.1, -0.05) is 30.3 Å². The van der Waals surface area contributed by atoms with E-state index >= 15 is 0 Å². The molecule has 0 bridgehead atoms. The van der Waals surface area contributed by atoms with E-state index < -0.39 is 17.6 Å². The van der Waals surface area contributed by atoms with Gasteiger partial charge in [0, 0.05) is 0 Å². The van der Waals surface area contributed by atoms with Gasteiger partial charge in [-0.05, 0) is 54.4 Å². The van der Waals surface area contributed by atoms with Gasteiger partial charge in [0.25, 0.3) is 11.8 Å². The van der Waals surface area contributed by atoms with Gasteiger partial charge in [0.1, 0.15) is 23.0 Å². The third-order valence-corrected chi connectivity index (χ3v) is 5.17. The van der Waals surface area contributed by atoms with E-state index in [1.54, 1.807) is 42.5 Å². The molecule has 0 fully saturated rings. The Kier molecular flexibility index (Phi) is 5.64. The van der Waals surface area contributed by atoms with E-state index in [1.807, 2.05) is 13.0 Å². The summed E-state index contributed by atoms with van der Waals surface area (Å²) >= 11 is 0. The predicted molar refractivity (Wildman–Crippen MR) is 120 cm³/mol. The molecule has 0 saturated carbocycles. The number of carbonyl (C=O) groups excluding carboxylic acids is 2. The zero-order valence-corrected chi connectivity index (χ0v) is 17.8. The Bertz CT molecular complexity index is 1230. The summed E-state index contributed by atoms with van der Waals surface area (Å²) in [6, 6.07) is 17.9. The number of nitrogens with one attached hydrogen (secondary N) is 1. The summed E-state index contributed by atoms with van der Waals surface area (Å²) in [5.41, 5.74) is 2.00. The number of aryl methyl sites for hydroxylation is 1. The molecule has 1 N–H and O–H groups in total. The molecule has 0 atom stereocenters. The number of rotatable bonds is 6. The molecule has 0 radical (unpaired) electrons. The number of hydrogen-bond donors (Lipinski definition) is 1. The standard InChI is InChI=1S/C25H21FN2O4/c1-15-8-13-21(32-3)19(14-15)27-23-22(16-9-11-17(31-2)12-10-16)24(29)28(25(23)30)20-7-5-4-6-18(20)26/h4-14,27H,1-3H3. The number of amides is 2. The first kappa shape index (κ1) is 21.1. The van der Waals surface area contributed by atoms with Crippen molar-refractivity contribution in [1.82, 2.24) is 0 Å². The Labute approximate surface area is 184 Å². The lowest BCUT2D eigenvalue weighted by Crippen LogP contribution is -2.33. The average molecular weight is 432 g/mol. The Balaban J connectivity index is 1.86. The molecule has 1 heterocycles. The second-order valence-corrected chi connectivity index (χ2v) is 7.20. The molecular weight excluding hydrogens is 411 g/mol. The van der Waals surface area contributed by atoms with Crippen LogP contribution in [0, 0.1) is 12.7 Å². The summed E-state index contributed by atoms with van der Waals surface area (Å²) in [4.78, 5) is 27.7. The van der Waals surface area contributed by atoms with Gasteiger partial charge < -0.3 is 14.8 Å². The van der Waals surface area contributed by atoms with Crippen molar-refractivity contribution in [3.63, 3.8) is 0 Å². The van der Waals surface area contributed by atoms with Crippen molar-refractivity contribution in [1.29, 1.82) is 0 Å². The lowest BCUT2D eigenvalue weighted by atomic mass is 10.0. The predicted octanol–water partition coefficient (Wildman–Crippen LogP) is 4.55. The quantitative estimate of drug-likeness (QED) is 0.579. The monoisotopic (exact) mass is 432 g/mol. The van der Waals surface area contributed by atoms with Crippen LogP contribution in [0.4, 0.5) is 15.8 Å². The number of para-hydroxylation sites is 1. The van der Waals surface area contributed by atoms with Crippen molar-refractivity contribution in [3.8, 4) is 11.5 Å². The molecule has 0 spiro atoms.